The van der Waals surface area contributed by atoms with Gasteiger partial charge in [-0.25, -0.2) is 4.39 Å². The molecule has 1 heterocycles. The topological polar surface area (TPSA) is 67.9 Å². The molecule has 1 N–H and O–H groups in total. The quantitative estimate of drug-likeness (QED) is 0.663. The van der Waals surface area contributed by atoms with Crippen LogP contribution in [-0.4, -0.2) is 49.6 Å². The Morgan fingerprint density at radius 1 is 1.00 bits per heavy atom. The number of hydrogen-bond donors (Lipinski definition) is 1. The molecule has 166 valence electrons. The summed E-state index contributed by atoms with van der Waals surface area (Å²) in [4.78, 5) is 26.7. The summed E-state index contributed by atoms with van der Waals surface area (Å²) in [5.74, 6) is 0.315. The van der Waals surface area contributed by atoms with Crippen molar-refractivity contribution in [3.63, 3.8) is 0 Å². The SMILES string of the molecule is CCOc1cc(C(=O)NCCc2ccc(F)cc2)ccc1OCC(=O)N1CCCCC1. The third-order valence-electron chi connectivity index (χ3n) is 5.18. The zero-order valence-corrected chi connectivity index (χ0v) is 17.9. The second kappa shape index (κ2) is 11.3. The lowest BCUT2D eigenvalue weighted by Crippen LogP contribution is -2.38. The minimum Gasteiger partial charge on any atom is -0.490 e. The molecule has 0 atom stereocenters. The number of likely N-dealkylation sites (tertiary alicyclic amines) is 1. The molecule has 0 bridgehead atoms. The third kappa shape index (κ3) is 6.70. The summed E-state index contributed by atoms with van der Waals surface area (Å²) >= 11 is 0. The fourth-order valence-electron chi connectivity index (χ4n) is 3.48. The predicted octanol–water partition coefficient (Wildman–Crippen LogP) is 3.59. The highest BCUT2D eigenvalue weighted by atomic mass is 19.1. The fraction of sp³-hybridized carbons (Fsp3) is 0.417. The van der Waals surface area contributed by atoms with E-state index in [4.69, 9.17) is 9.47 Å². The Bertz CT molecular complexity index is 880. The molecule has 2 aromatic rings. The van der Waals surface area contributed by atoms with Crippen molar-refractivity contribution in [2.24, 2.45) is 0 Å². The lowest BCUT2D eigenvalue weighted by Gasteiger charge is -2.26. The number of benzene rings is 2. The molecule has 0 saturated carbocycles. The van der Waals surface area contributed by atoms with Gasteiger partial charge >= 0.3 is 0 Å². The fourth-order valence-corrected chi connectivity index (χ4v) is 3.48. The minimum atomic E-state index is -0.281. The Morgan fingerprint density at radius 3 is 2.45 bits per heavy atom. The van der Waals surface area contributed by atoms with Crippen LogP contribution in [0.25, 0.3) is 0 Å². The normalized spacial score (nSPS) is 13.5. The van der Waals surface area contributed by atoms with E-state index in [9.17, 15) is 14.0 Å². The molecule has 0 aromatic heterocycles. The molecule has 1 saturated heterocycles. The molecular formula is C24H29FN2O4. The van der Waals surface area contributed by atoms with Crippen LogP contribution in [0.2, 0.25) is 0 Å². The van der Waals surface area contributed by atoms with E-state index in [1.165, 1.54) is 12.1 Å². The van der Waals surface area contributed by atoms with E-state index in [-0.39, 0.29) is 24.2 Å². The summed E-state index contributed by atoms with van der Waals surface area (Å²) < 4.78 is 24.3. The van der Waals surface area contributed by atoms with Gasteiger partial charge in [-0.2, -0.15) is 0 Å². The molecule has 0 spiro atoms. The second-order valence-corrected chi connectivity index (χ2v) is 7.46. The molecular weight excluding hydrogens is 399 g/mol. The zero-order valence-electron chi connectivity index (χ0n) is 17.9. The Kier molecular flexibility index (Phi) is 8.27. The average Bonchev–Trinajstić information content (AvgIpc) is 2.80. The number of nitrogens with one attached hydrogen (secondary N) is 1. The Labute approximate surface area is 182 Å². The lowest BCUT2D eigenvalue weighted by molar-refractivity contribution is -0.134. The molecule has 1 aliphatic rings. The van der Waals surface area contributed by atoms with Gasteiger partial charge in [0.25, 0.3) is 11.8 Å². The van der Waals surface area contributed by atoms with Crippen molar-refractivity contribution in [3.05, 3.63) is 59.4 Å². The maximum Gasteiger partial charge on any atom is 0.260 e. The van der Waals surface area contributed by atoms with Crippen LogP contribution in [0.4, 0.5) is 4.39 Å². The van der Waals surface area contributed by atoms with Crippen LogP contribution in [0.15, 0.2) is 42.5 Å². The van der Waals surface area contributed by atoms with Crippen molar-refractivity contribution >= 4 is 11.8 Å². The highest BCUT2D eigenvalue weighted by molar-refractivity contribution is 5.94. The Morgan fingerprint density at radius 2 is 1.74 bits per heavy atom. The van der Waals surface area contributed by atoms with Crippen molar-refractivity contribution in [1.29, 1.82) is 0 Å². The number of amides is 2. The van der Waals surface area contributed by atoms with Crippen LogP contribution in [0, 0.1) is 5.82 Å². The van der Waals surface area contributed by atoms with E-state index in [0.29, 0.717) is 36.6 Å². The molecule has 1 aliphatic heterocycles. The third-order valence-corrected chi connectivity index (χ3v) is 5.18. The molecule has 31 heavy (non-hydrogen) atoms. The first-order valence-electron chi connectivity index (χ1n) is 10.8. The van der Waals surface area contributed by atoms with Gasteiger partial charge in [0.1, 0.15) is 5.82 Å². The number of carbonyl (C=O) groups is 2. The molecule has 0 aliphatic carbocycles. The number of piperidine rings is 1. The summed E-state index contributed by atoms with van der Waals surface area (Å²) in [6, 6.07) is 11.1. The number of hydrogen-bond acceptors (Lipinski definition) is 4. The molecule has 7 heteroatoms. The molecule has 2 aromatic carbocycles. The van der Waals surface area contributed by atoms with Crippen molar-refractivity contribution in [2.45, 2.75) is 32.6 Å². The number of rotatable bonds is 9. The monoisotopic (exact) mass is 428 g/mol. The number of halogens is 1. The molecule has 1 fully saturated rings. The van der Waals surface area contributed by atoms with Gasteiger partial charge in [-0.1, -0.05) is 12.1 Å². The van der Waals surface area contributed by atoms with Gasteiger partial charge in [0.15, 0.2) is 18.1 Å². The van der Waals surface area contributed by atoms with Gasteiger partial charge in [0, 0.05) is 25.2 Å². The first-order valence-corrected chi connectivity index (χ1v) is 10.8. The molecule has 3 rings (SSSR count). The number of nitrogens with zero attached hydrogens (tertiary/aromatic N) is 1. The van der Waals surface area contributed by atoms with Gasteiger partial charge < -0.3 is 19.7 Å². The standard InChI is InChI=1S/C24H29FN2O4/c1-2-30-22-16-19(24(29)26-13-12-18-6-9-20(25)10-7-18)8-11-21(22)31-17-23(28)27-14-4-3-5-15-27/h6-11,16H,2-5,12-15,17H2,1H3,(H,26,29). The maximum atomic E-state index is 13.0. The van der Waals surface area contributed by atoms with Gasteiger partial charge in [-0.15, -0.1) is 0 Å². The minimum absolute atomic E-state index is 0.0373. The lowest BCUT2D eigenvalue weighted by atomic mass is 10.1. The largest absolute Gasteiger partial charge is 0.490 e. The number of carbonyl (C=O) groups excluding carboxylic acids is 2. The molecule has 0 radical (unpaired) electrons. The maximum absolute atomic E-state index is 13.0. The van der Waals surface area contributed by atoms with Crippen molar-refractivity contribution in [2.75, 3.05) is 32.8 Å². The first-order chi connectivity index (χ1) is 15.1. The van der Waals surface area contributed by atoms with Crippen molar-refractivity contribution in [3.8, 4) is 11.5 Å². The number of ether oxygens (including phenoxy) is 2. The van der Waals surface area contributed by atoms with Crippen LogP contribution in [0.1, 0.15) is 42.1 Å². The van der Waals surface area contributed by atoms with Gasteiger partial charge in [-0.3, -0.25) is 9.59 Å². The first kappa shape index (κ1) is 22.6. The highest BCUT2D eigenvalue weighted by Gasteiger charge is 2.18. The van der Waals surface area contributed by atoms with Gasteiger partial charge in [0.05, 0.1) is 6.61 Å². The van der Waals surface area contributed by atoms with Crippen molar-refractivity contribution < 1.29 is 23.5 Å². The highest BCUT2D eigenvalue weighted by Crippen LogP contribution is 2.28. The van der Waals surface area contributed by atoms with E-state index in [0.717, 1.165) is 37.9 Å². The van der Waals surface area contributed by atoms with Crippen LogP contribution < -0.4 is 14.8 Å². The van der Waals surface area contributed by atoms with E-state index in [1.54, 1.807) is 30.3 Å². The average molecular weight is 429 g/mol. The Hall–Kier alpha value is -3.09. The predicted molar refractivity (Wildman–Crippen MR) is 116 cm³/mol. The van der Waals surface area contributed by atoms with Crippen LogP contribution in [-0.2, 0) is 11.2 Å². The van der Waals surface area contributed by atoms with E-state index in [2.05, 4.69) is 5.32 Å². The zero-order chi connectivity index (χ0) is 22.1. The molecule has 2 amide bonds. The van der Waals surface area contributed by atoms with Crippen LogP contribution >= 0.6 is 0 Å². The van der Waals surface area contributed by atoms with E-state index >= 15 is 0 Å². The van der Waals surface area contributed by atoms with Gasteiger partial charge in [-0.05, 0) is 68.5 Å². The van der Waals surface area contributed by atoms with E-state index < -0.39 is 0 Å². The summed E-state index contributed by atoms with van der Waals surface area (Å²) in [6.07, 6.45) is 3.82. The van der Waals surface area contributed by atoms with Crippen LogP contribution in [0.5, 0.6) is 11.5 Å². The smallest absolute Gasteiger partial charge is 0.260 e. The van der Waals surface area contributed by atoms with Crippen molar-refractivity contribution in [1.82, 2.24) is 10.2 Å². The van der Waals surface area contributed by atoms with E-state index in [1.807, 2.05) is 11.8 Å². The molecule has 0 unspecified atom stereocenters. The Balaban J connectivity index is 1.55. The summed E-state index contributed by atoms with van der Waals surface area (Å²) in [6.45, 7) is 4.18. The summed E-state index contributed by atoms with van der Waals surface area (Å²) in [5, 5.41) is 2.85. The second-order valence-electron chi connectivity index (χ2n) is 7.46. The van der Waals surface area contributed by atoms with Gasteiger partial charge in [0.2, 0.25) is 0 Å². The summed E-state index contributed by atoms with van der Waals surface area (Å²) in [5.41, 5.74) is 1.39. The molecule has 6 nitrogen and oxygen atoms in total. The summed E-state index contributed by atoms with van der Waals surface area (Å²) in [7, 11) is 0. The van der Waals surface area contributed by atoms with Crippen LogP contribution in [0.3, 0.4) is 0 Å².